The minimum absolute atomic E-state index is 0. The Kier molecular flexibility index (Phi) is 8.25. The smallest absolute Gasteiger partial charge is 1.00 e. The number of benzene rings is 1. The van der Waals surface area contributed by atoms with Gasteiger partial charge in [-0.15, -0.1) is 0 Å². The van der Waals surface area contributed by atoms with Crippen LogP contribution in [-0.4, -0.2) is 36.1 Å². The molecule has 0 aliphatic carbocycles. The fraction of sp³-hybridized carbons (Fsp3) is 0.333. The van der Waals surface area contributed by atoms with E-state index in [0.29, 0.717) is 12.5 Å². The van der Waals surface area contributed by atoms with E-state index in [1.807, 2.05) is 0 Å². The van der Waals surface area contributed by atoms with Crippen molar-refractivity contribution in [1.82, 2.24) is 0 Å². The Balaban J connectivity index is 0. The maximum absolute atomic E-state index is 11.8. The summed E-state index contributed by atoms with van der Waals surface area (Å²) in [5.74, 6) is -2.32. The number of carbonyl (C=O) groups is 2. The molecule has 2 N–H and O–H groups in total. The van der Waals surface area contributed by atoms with Crippen LogP contribution >= 0.6 is 0 Å². The van der Waals surface area contributed by atoms with Gasteiger partial charge in [0.1, 0.15) is 4.90 Å². The average molecular weight is 342 g/mol. The molecule has 1 rings (SSSR count). The second-order valence-electron chi connectivity index (χ2n) is 4.12. The summed E-state index contributed by atoms with van der Waals surface area (Å²) >= 11 is 0. The Morgan fingerprint density at radius 3 is 2.38 bits per heavy atom. The van der Waals surface area contributed by atoms with Gasteiger partial charge in [-0.3, -0.25) is 4.55 Å². The van der Waals surface area contributed by atoms with Crippen molar-refractivity contribution < 1.29 is 85.2 Å². The number of rotatable bonds is 5. The first-order valence-electron chi connectivity index (χ1n) is 5.72. The van der Waals surface area contributed by atoms with Gasteiger partial charge in [0.15, 0.2) is 0 Å². The molecule has 0 aromatic heterocycles. The van der Waals surface area contributed by atoms with Gasteiger partial charge in [0.2, 0.25) is 0 Å². The summed E-state index contributed by atoms with van der Waals surface area (Å²) in [6.45, 7) is 3.39. The number of esters is 1. The van der Waals surface area contributed by atoms with Gasteiger partial charge in [-0.25, -0.2) is 9.59 Å². The molecule has 0 radical (unpaired) electrons. The monoisotopic (exact) mass is 342 g/mol. The SMILES string of the molecule is CCC(C)OC(=O)c1ccc(C(=O)O)cc1S(=O)(=O)O.[H-].[K+]. The van der Waals surface area contributed by atoms with Crippen LogP contribution in [0.5, 0.6) is 0 Å². The van der Waals surface area contributed by atoms with E-state index in [-0.39, 0.29) is 58.4 Å². The third kappa shape index (κ3) is 5.78. The molecular formula is C12H15KO7S. The molecule has 9 heteroatoms. The molecule has 1 unspecified atom stereocenters. The number of carbonyl (C=O) groups excluding carboxylic acids is 1. The Morgan fingerprint density at radius 1 is 1.38 bits per heavy atom. The van der Waals surface area contributed by atoms with Crippen molar-refractivity contribution in [2.24, 2.45) is 0 Å². The number of hydrogen-bond acceptors (Lipinski definition) is 5. The minimum atomic E-state index is -4.74. The standard InChI is InChI=1S/C12H14O7S.K.H/c1-3-7(2)19-12(15)9-5-4-8(11(13)14)6-10(9)20(16,17)18;;/h4-7H,3H2,1-2H3,(H,13,14)(H,16,17,18);;/q;+1;-1. The van der Waals surface area contributed by atoms with Gasteiger partial charge in [-0.1, -0.05) is 6.92 Å². The first-order chi connectivity index (χ1) is 9.16. The largest absolute Gasteiger partial charge is 1.00 e. The van der Waals surface area contributed by atoms with E-state index in [2.05, 4.69) is 0 Å². The number of hydrogen-bond donors (Lipinski definition) is 2. The van der Waals surface area contributed by atoms with E-state index in [4.69, 9.17) is 14.4 Å². The molecule has 0 amide bonds. The first-order valence-corrected chi connectivity index (χ1v) is 7.16. The van der Waals surface area contributed by atoms with Crippen LogP contribution in [0.4, 0.5) is 0 Å². The second-order valence-corrected chi connectivity index (χ2v) is 5.51. The van der Waals surface area contributed by atoms with Gasteiger partial charge in [0.05, 0.1) is 17.2 Å². The summed E-state index contributed by atoms with van der Waals surface area (Å²) < 4.78 is 36.5. The molecule has 112 valence electrons. The van der Waals surface area contributed by atoms with Crippen molar-refractivity contribution in [2.75, 3.05) is 0 Å². The van der Waals surface area contributed by atoms with Crippen LogP contribution in [0.2, 0.25) is 0 Å². The summed E-state index contributed by atoms with van der Waals surface area (Å²) in [5, 5.41) is 8.80. The topological polar surface area (TPSA) is 118 Å². The molecule has 1 aromatic carbocycles. The first kappa shape index (κ1) is 20.7. The van der Waals surface area contributed by atoms with Crippen LogP contribution in [0.25, 0.3) is 0 Å². The normalized spacial score (nSPS) is 12.1. The molecular weight excluding hydrogens is 327 g/mol. The summed E-state index contributed by atoms with van der Waals surface area (Å²) in [6, 6.07) is 2.77. The van der Waals surface area contributed by atoms with E-state index in [9.17, 15) is 18.0 Å². The zero-order chi connectivity index (χ0) is 15.5. The van der Waals surface area contributed by atoms with Gasteiger partial charge in [0, 0.05) is 0 Å². The maximum atomic E-state index is 11.8. The molecule has 0 bridgehead atoms. The van der Waals surface area contributed by atoms with Gasteiger partial charge < -0.3 is 11.3 Å². The third-order valence-corrected chi connectivity index (χ3v) is 3.50. The van der Waals surface area contributed by atoms with Crippen molar-refractivity contribution >= 4 is 22.1 Å². The van der Waals surface area contributed by atoms with Crippen molar-refractivity contribution in [3.63, 3.8) is 0 Å². The summed E-state index contributed by atoms with van der Waals surface area (Å²) in [5.41, 5.74) is -0.768. The van der Waals surface area contributed by atoms with Gasteiger partial charge in [0.25, 0.3) is 10.1 Å². The van der Waals surface area contributed by atoms with Gasteiger partial charge >= 0.3 is 63.3 Å². The predicted molar refractivity (Wildman–Crippen MR) is 69.5 cm³/mol. The number of ether oxygens (including phenoxy) is 1. The van der Waals surface area contributed by atoms with E-state index >= 15 is 0 Å². The molecule has 0 aliphatic rings. The fourth-order valence-electron chi connectivity index (χ4n) is 1.37. The van der Waals surface area contributed by atoms with Crippen LogP contribution in [0.1, 0.15) is 42.4 Å². The van der Waals surface area contributed by atoms with E-state index < -0.39 is 38.6 Å². The average Bonchev–Trinajstić information content (AvgIpc) is 2.36. The zero-order valence-electron chi connectivity index (χ0n) is 12.9. The van der Waals surface area contributed by atoms with Crippen LogP contribution in [-0.2, 0) is 14.9 Å². The Morgan fingerprint density at radius 2 is 1.95 bits per heavy atom. The van der Waals surface area contributed by atoms with Crippen molar-refractivity contribution in [3.05, 3.63) is 29.3 Å². The van der Waals surface area contributed by atoms with Gasteiger partial charge in [-0.2, -0.15) is 8.42 Å². The Bertz CT molecular complexity index is 645. The maximum Gasteiger partial charge on any atom is 1.00 e. The van der Waals surface area contributed by atoms with E-state index in [0.717, 1.165) is 12.1 Å². The minimum Gasteiger partial charge on any atom is -1.00 e. The molecule has 0 aliphatic heterocycles. The Labute approximate surface area is 166 Å². The van der Waals surface area contributed by atoms with E-state index in [1.54, 1.807) is 13.8 Å². The van der Waals surface area contributed by atoms with Crippen LogP contribution < -0.4 is 51.4 Å². The molecule has 0 heterocycles. The number of carboxylic acid groups (broad SMARTS) is 1. The quantitative estimate of drug-likeness (QED) is 0.388. The third-order valence-electron chi connectivity index (χ3n) is 2.61. The number of carboxylic acids is 1. The van der Waals surface area contributed by atoms with E-state index in [1.165, 1.54) is 0 Å². The van der Waals surface area contributed by atoms with Crippen molar-refractivity contribution in [3.8, 4) is 0 Å². The molecule has 21 heavy (non-hydrogen) atoms. The summed E-state index contributed by atoms with van der Waals surface area (Å²) in [4.78, 5) is 21.8. The zero-order valence-corrected chi connectivity index (χ0v) is 15.8. The molecule has 0 saturated carbocycles. The fourth-order valence-corrected chi connectivity index (χ4v) is 2.07. The predicted octanol–water partition coefficient (Wildman–Crippen LogP) is -1.30. The van der Waals surface area contributed by atoms with Gasteiger partial charge in [-0.05, 0) is 31.5 Å². The van der Waals surface area contributed by atoms with Crippen LogP contribution in [0.3, 0.4) is 0 Å². The molecule has 1 atom stereocenters. The molecule has 0 saturated heterocycles. The van der Waals surface area contributed by atoms with Crippen LogP contribution in [0.15, 0.2) is 23.1 Å². The second kappa shape index (κ2) is 8.37. The summed E-state index contributed by atoms with van der Waals surface area (Å²) in [6.07, 6.45) is 0.0936. The molecule has 0 fully saturated rings. The Hall–Kier alpha value is -0.294. The molecule has 1 aromatic rings. The van der Waals surface area contributed by atoms with Crippen molar-refractivity contribution in [2.45, 2.75) is 31.3 Å². The summed E-state index contributed by atoms with van der Waals surface area (Å²) in [7, 11) is -4.74. The number of aromatic carboxylic acids is 1. The molecule has 0 spiro atoms. The van der Waals surface area contributed by atoms with Crippen LogP contribution in [0, 0.1) is 0 Å². The molecule has 7 nitrogen and oxygen atoms in total. The van der Waals surface area contributed by atoms with Crippen molar-refractivity contribution in [1.29, 1.82) is 0 Å².